The molecule has 0 radical (unpaired) electrons. The van der Waals surface area contributed by atoms with Gasteiger partial charge in [-0.25, -0.2) is 4.39 Å². The van der Waals surface area contributed by atoms with E-state index < -0.39 is 6.17 Å². The van der Waals surface area contributed by atoms with E-state index in [0.29, 0.717) is 19.4 Å². The number of benzene rings is 1. The Bertz CT molecular complexity index is 398. The zero-order valence-corrected chi connectivity index (χ0v) is 10.3. The molecule has 0 bridgehead atoms. The molecule has 4 heteroatoms. The first-order valence-electron chi connectivity index (χ1n) is 5.24. The van der Waals surface area contributed by atoms with Crippen molar-refractivity contribution < 1.29 is 4.39 Å². The van der Waals surface area contributed by atoms with Crippen molar-refractivity contribution >= 4 is 21.6 Å². The Labute approximate surface area is 103 Å². The number of hydrogen-bond acceptors (Lipinski definition) is 2. The highest BCUT2D eigenvalue weighted by Crippen LogP contribution is 2.29. The van der Waals surface area contributed by atoms with Crippen molar-refractivity contribution in [1.29, 1.82) is 5.26 Å². The van der Waals surface area contributed by atoms with Gasteiger partial charge in [0.2, 0.25) is 0 Å². The van der Waals surface area contributed by atoms with Gasteiger partial charge in [-0.1, -0.05) is 15.9 Å². The fourth-order valence-corrected chi connectivity index (χ4v) is 2.37. The van der Waals surface area contributed by atoms with E-state index in [4.69, 9.17) is 5.26 Å². The van der Waals surface area contributed by atoms with Crippen LogP contribution in [0.1, 0.15) is 12.8 Å². The summed E-state index contributed by atoms with van der Waals surface area (Å²) in [5.74, 6) is 0. The van der Waals surface area contributed by atoms with E-state index in [1.807, 2.05) is 29.2 Å². The maximum Gasteiger partial charge on any atom is 0.120 e. The summed E-state index contributed by atoms with van der Waals surface area (Å²) in [7, 11) is 0. The van der Waals surface area contributed by atoms with Crippen LogP contribution in [0.4, 0.5) is 10.1 Å². The second kappa shape index (κ2) is 4.84. The van der Waals surface area contributed by atoms with Gasteiger partial charge in [-0.05, 0) is 24.3 Å². The highest BCUT2D eigenvalue weighted by molar-refractivity contribution is 9.10. The second-order valence-electron chi connectivity index (χ2n) is 3.98. The Morgan fingerprint density at radius 3 is 2.75 bits per heavy atom. The van der Waals surface area contributed by atoms with E-state index in [2.05, 4.69) is 22.0 Å². The van der Waals surface area contributed by atoms with Gasteiger partial charge < -0.3 is 4.90 Å². The van der Waals surface area contributed by atoms with E-state index in [1.54, 1.807) is 0 Å². The molecule has 0 saturated carbocycles. The van der Waals surface area contributed by atoms with Crippen molar-refractivity contribution in [1.82, 2.24) is 0 Å². The minimum absolute atomic E-state index is 0.0150. The van der Waals surface area contributed by atoms with Crippen molar-refractivity contribution in [3.8, 4) is 6.07 Å². The molecule has 0 N–H and O–H groups in total. The van der Waals surface area contributed by atoms with Gasteiger partial charge in [-0.3, -0.25) is 0 Å². The number of alkyl halides is 1. The summed E-state index contributed by atoms with van der Waals surface area (Å²) < 4.78 is 14.4. The predicted molar refractivity (Wildman–Crippen MR) is 65.0 cm³/mol. The zero-order chi connectivity index (χ0) is 11.5. The van der Waals surface area contributed by atoms with Crippen LogP contribution >= 0.6 is 15.9 Å². The quantitative estimate of drug-likeness (QED) is 0.832. The average molecular weight is 283 g/mol. The van der Waals surface area contributed by atoms with Gasteiger partial charge in [-0.2, -0.15) is 5.26 Å². The minimum atomic E-state index is -0.818. The maximum absolute atomic E-state index is 13.4. The molecule has 1 aromatic rings. The number of hydrogen-bond donors (Lipinski definition) is 0. The Morgan fingerprint density at radius 2 is 2.12 bits per heavy atom. The van der Waals surface area contributed by atoms with Gasteiger partial charge in [0, 0.05) is 29.2 Å². The van der Waals surface area contributed by atoms with Crippen LogP contribution in [0.15, 0.2) is 28.7 Å². The maximum atomic E-state index is 13.4. The molecule has 2 atom stereocenters. The Hall–Kier alpha value is -1.08. The molecule has 1 aromatic carbocycles. The lowest BCUT2D eigenvalue weighted by atomic mass is 10.1. The zero-order valence-electron chi connectivity index (χ0n) is 8.74. The molecule has 1 fully saturated rings. The molecule has 0 spiro atoms. The topological polar surface area (TPSA) is 27.0 Å². The van der Waals surface area contributed by atoms with E-state index in [-0.39, 0.29) is 6.04 Å². The lowest BCUT2D eigenvalue weighted by Gasteiger charge is -2.24. The molecule has 84 valence electrons. The normalized spacial score (nSPS) is 24.4. The first-order chi connectivity index (χ1) is 7.70. The van der Waals surface area contributed by atoms with Gasteiger partial charge in [0.05, 0.1) is 12.5 Å². The van der Waals surface area contributed by atoms with Crippen LogP contribution in [-0.2, 0) is 0 Å². The second-order valence-corrected chi connectivity index (χ2v) is 4.89. The van der Waals surface area contributed by atoms with Crippen LogP contribution in [0.3, 0.4) is 0 Å². The van der Waals surface area contributed by atoms with Crippen molar-refractivity contribution in [2.45, 2.75) is 25.1 Å². The highest BCUT2D eigenvalue weighted by atomic mass is 79.9. The van der Waals surface area contributed by atoms with Crippen molar-refractivity contribution in [2.24, 2.45) is 0 Å². The molecular weight excluding hydrogens is 271 g/mol. The lowest BCUT2D eigenvalue weighted by Crippen LogP contribution is -2.28. The predicted octanol–water partition coefficient (Wildman–Crippen LogP) is 3.28. The van der Waals surface area contributed by atoms with Gasteiger partial charge in [0.15, 0.2) is 0 Å². The first-order valence-corrected chi connectivity index (χ1v) is 6.03. The number of rotatable bonds is 2. The fourth-order valence-electron chi connectivity index (χ4n) is 2.11. The van der Waals surface area contributed by atoms with Crippen LogP contribution < -0.4 is 4.90 Å². The van der Waals surface area contributed by atoms with Gasteiger partial charge in [0.25, 0.3) is 0 Å². The average Bonchev–Trinajstić information content (AvgIpc) is 2.61. The molecule has 1 aliphatic heterocycles. The molecule has 0 aromatic heterocycles. The summed E-state index contributed by atoms with van der Waals surface area (Å²) in [6, 6.07) is 9.91. The molecule has 1 aliphatic rings. The standard InChI is InChI=1S/C12H12BrFN2/c13-9-1-3-11(4-2-9)16-8-10(14)7-12(16)5-6-15/h1-4,10,12H,5,7-8H2. The molecule has 0 amide bonds. The van der Waals surface area contributed by atoms with E-state index >= 15 is 0 Å². The van der Waals surface area contributed by atoms with Gasteiger partial charge in [0.1, 0.15) is 6.17 Å². The third-order valence-corrected chi connectivity index (χ3v) is 3.38. The molecule has 2 rings (SSSR count). The van der Waals surface area contributed by atoms with E-state index in [9.17, 15) is 4.39 Å². The van der Waals surface area contributed by atoms with Crippen molar-refractivity contribution in [2.75, 3.05) is 11.4 Å². The van der Waals surface area contributed by atoms with Crippen LogP contribution in [0, 0.1) is 11.3 Å². The van der Waals surface area contributed by atoms with Crippen LogP contribution in [-0.4, -0.2) is 18.8 Å². The summed E-state index contributed by atoms with van der Waals surface area (Å²) in [6.45, 7) is 0.397. The number of halogens is 2. The summed E-state index contributed by atoms with van der Waals surface area (Å²) >= 11 is 3.37. The molecular formula is C12H12BrFN2. The monoisotopic (exact) mass is 282 g/mol. The first kappa shape index (κ1) is 11.4. The summed E-state index contributed by atoms with van der Waals surface area (Å²) in [6.07, 6.45) is 0.0297. The Balaban J connectivity index is 2.19. The molecule has 2 nitrogen and oxygen atoms in total. The minimum Gasteiger partial charge on any atom is -0.364 e. The van der Waals surface area contributed by atoms with Crippen molar-refractivity contribution in [3.63, 3.8) is 0 Å². The third kappa shape index (κ3) is 2.35. The molecule has 0 aliphatic carbocycles. The SMILES string of the molecule is N#CCC1CC(F)CN1c1ccc(Br)cc1. The van der Waals surface area contributed by atoms with Crippen molar-refractivity contribution in [3.05, 3.63) is 28.7 Å². The number of anilines is 1. The van der Waals surface area contributed by atoms with Crippen LogP contribution in [0.5, 0.6) is 0 Å². The summed E-state index contributed by atoms with van der Waals surface area (Å²) in [5.41, 5.74) is 0.989. The van der Waals surface area contributed by atoms with E-state index in [1.165, 1.54) is 0 Å². The number of nitriles is 1. The third-order valence-electron chi connectivity index (χ3n) is 2.85. The fraction of sp³-hybridized carbons (Fsp3) is 0.417. The Kier molecular flexibility index (Phi) is 3.45. The van der Waals surface area contributed by atoms with Crippen LogP contribution in [0.25, 0.3) is 0 Å². The van der Waals surface area contributed by atoms with Gasteiger partial charge in [-0.15, -0.1) is 0 Å². The smallest absolute Gasteiger partial charge is 0.120 e. The summed E-state index contributed by atoms with van der Waals surface area (Å²) in [4.78, 5) is 1.99. The molecule has 1 saturated heterocycles. The molecule has 2 unspecified atom stereocenters. The Morgan fingerprint density at radius 1 is 1.44 bits per heavy atom. The number of nitrogens with zero attached hydrogens (tertiary/aromatic N) is 2. The van der Waals surface area contributed by atoms with Gasteiger partial charge >= 0.3 is 0 Å². The largest absolute Gasteiger partial charge is 0.364 e. The van der Waals surface area contributed by atoms with Crippen LogP contribution in [0.2, 0.25) is 0 Å². The highest BCUT2D eigenvalue weighted by Gasteiger charge is 2.31. The lowest BCUT2D eigenvalue weighted by molar-refractivity contribution is 0.356. The molecule has 16 heavy (non-hydrogen) atoms. The molecule has 1 heterocycles. The van der Waals surface area contributed by atoms with E-state index in [0.717, 1.165) is 10.2 Å². The summed E-state index contributed by atoms with van der Waals surface area (Å²) in [5, 5.41) is 8.72.